The lowest BCUT2D eigenvalue weighted by atomic mass is 10.0. The second-order valence-electron chi connectivity index (χ2n) is 5.45. The summed E-state index contributed by atoms with van der Waals surface area (Å²) >= 11 is 0. The van der Waals surface area contributed by atoms with Crippen LogP contribution < -0.4 is 0 Å². The van der Waals surface area contributed by atoms with Gasteiger partial charge in [-0.2, -0.15) is 0 Å². The molecule has 0 fully saturated rings. The molecule has 1 heterocycles. The zero-order chi connectivity index (χ0) is 15.3. The Bertz CT molecular complexity index is 408. The molecule has 0 N–H and O–H groups in total. The van der Waals surface area contributed by atoms with Crippen LogP contribution in [0.3, 0.4) is 0 Å². The Hall–Kier alpha value is -1.43. The van der Waals surface area contributed by atoms with E-state index in [1.54, 1.807) is 25.9 Å². The van der Waals surface area contributed by atoms with E-state index in [2.05, 4.69) is 11.9 Å². The van der Waals surface area contributed by atoms with Crippen LogP contribution in [0.2, 0.25) is 0 Å². The number of likely N-dealkylation sites (N-methyl/N-ethyl adjacent to an activating group) is 2. The van der Waals surface area contributed by atoms with Crippen molar-refractivity contribution in [2.24, 2.45) is 4.99 Å². The van der Waals surface area contributed by atoms with E-state index in [-0.39, 0.29) is 25.0 Å². The van der Waals surface area contributed by atoms with Gasteiger partial charge < -0.3 is 14.5 Å². The van der Waals surface area contributed by atoms with E-state index < -0.39 is 5.54 Å². The Kier molecular flexibility index (Phi) is 5.68. The van der Waals surface area contributed by atoms with Crippen molar-refractivity contribution in [1.82, 2.24) is 9.80 Å². The van der Waals surface area contributed by atoms with Crippen LogP contribution in [0.15, 0.2) is 4.99 Å². The Balaban J connectivity index is 2.78. The van der Waals surface area contributed by atoms with Crippen LogP contribution in [0.4, 0.5) is 0 Å². The lowest BCUT2D eigenvalue weighted by molar-refractivity contribution is -0.136. The average Bonchev–Trinajstić information content (AvgIpc) is 2.61. The van der Waals surface area contributed by atoms with Gasteiger partial charge in [-0.15, -0.1) is 0 Å². The highest BCUT2D eigenvalue weighted by Gasteiger charge is 2.43. The number of nitrogens with zero attached hydrogens (tertiary/aromatic N) is 3. The molecule has 0 aromatic carbocycles. The number of amides is 2. The van der Waals surface area contributed by atoms with Gasteiger partial charge >= 0.3 is 0 Å². The topological polar surface area (TPSA) is 62.2 Å². The monoisotopic (exact) mass is 283 g/mol. The van der Waals surface area contributed by atoms with E-state index in [9.17, 15) is 9.59 Å². The molecule has 1 aliphatic heterocycles. The van der Waals surface area contributed by atoms with Crippen molar-refractivity contribution in [3.8, 4) is 0 Å². The maximum absolute atomic E-state index is 12.4. The molecular formula is C14H25N3O3. The quantitative estimate of drug-likeness (QED) is 0.697. The molecule has 1 atom stereocenters. The minimum absolute atomic E-state index is 0.0169. The molecule has 6 heteroatoms. The van der Waals surface area contributed by atoms with Crippen LogP contribution in [-0.2, 0) is 14.3 Å². The Morgan fingerprint density at radius 2 is 2.15 bits per heavy atom. The van der Waals surface area contributed by atoms with E-state index in [1.165, 1.54) is 12.0 Å². The van der Waals surface area contributed by atoms with E-state index in [0.29, 0.717) is 0 Å². The molecule has 0 bridgehead atoms. The van der Waals surface area contributed by atoms with Crippen LogP contribution in [0.5, 0.6) is 0 Å². The number of amidine groups is 1. The van der Waals surface area contributed by atoms with Crippen molar-refractivity contribution in [3.05, 3.63) is 0 Å². The second-order valence-corrected chi connectivity index (χ2v) is 5.45. The first-order valence-corrected chi connectivity index (χ1v) is 6.95. The summed E-state index contributed by atoms with van der Waals surface area (Å²) in [4.78, 5) is 31.8. The van der Waals surface area contributed by atoms with Crippen molar-refractivity contribution < 1.29 is 14.3 Å². The van der Waals surface area contributed by atoms with Crippen LogP contribution in [0.1, 0.15) is 33.1 Å². The van der Waals surface area contributed by atoms with Gasteiger partial charge in [-0.3, -0.25) is 14.6 Å². The van der Waals surface area contributed by atoms with Gasteiger partial charge in [0.2, 0.25) is 5.91 Å². The molecule has 0 saturated heterocycles. The Morgan fingerprint density at radius 1 is 1.50 bits per heavy atom. The number of methoxy groups -OCH3 is 1. The molecule has 0 spiro atoms. The highest BCUT2D eigenvalue weighted by molar-refractivity contribution is 6.08. The number of aliphatic imine (C=N–C) groups is 1. The molecule has 0 aliphatic carbocycles. The van der Waals surface area contributed by atoms with E-state index in [1.807, 2.05) is 0 Å². The van der Waals surface area contributed by atoms with Gasteiger partial charge in [0, 0.05) is 27.6 Å². The first-order valence-electron chi connectivity index (χ1n) is 6.95. The molecule has 1 unspecified atom stereocenters. The summed E-state index contributed by atoms with van der Waals surface area (Å²) in [6, 6.07) is 0. The van der Waals surface area contributed by atoms with Crippen molar-refractivity contribution in [1.29, 1.82) is 0 Å². The van der Waals surface area contributed by atoms with E-state index in [4.69, 9.17) is 4.74 Å². The van der Waals surface area contributed by atoms with E-state index >= 15 is 0 Å². The van der Waals surface area contributed by atoms with Gasteiger partial charge in [-0.1, -0.05) is 13.3 Å². The van der Waals surface area contributed by atoms with Crippen LogP contribution in [-0.4, -0.2) is 67.3 Å². The lowest BCUT2D eigenvalue weighted by Gasteiger charge is -2.26. The molecule has 20 heavy (non-hydrogen) atoms. The highest BCUT2D eigenvalue weighted by Crippen LogP contribution is 2.24. The van der Waals surface area contributed by atoms with Gasteiger partial charge in [0.15, 0.2) is 5.54 Å². The summed E-state index contributed by atoms with van der Waals surface area (Å²) in [5.74, 6) is 0.606. The lowest BCUT2D eigenvalue weighted by Crippen LogP contribution is -2.48. The van der Waals surface area contributed by atoms with Crippen LogP contribution >= 0.6 is 0 Å². The molecular weight excluding hydrogens is 258 g/mol. The summed E-state index contributed by atoms with van der Waals surface area (Å²) < 4.78 is 4.82. The van der Waals surface area contributed by atoms with Gasteiger partial charge in [0.25, 0.3) is 5.91 Å². The third kappa shape index (κ3) is 3.56. The Morgan fingerprint density at radius 3 is 2.70 bits per heavy atom. The molecule has 0 saturated carbocycles. The number of rotatable bonds is 7. The standard InChI is InChI=1S/C14H25N3O3/c1-6-7-8-11-15-14(2,13(19)17(11)4)10-16(3)12(18)9-20-5/h6-10H2,1-5H3. The molecule has 0 aromatic heterocycles. The third-order valence-corrected chi connectivity index (χ3v) is 3.52. The van der Waals surface area contributed by atoms with Crippen LogP contribution in [0, 0.1) is 0 Å². The van der Waals surface area contributed by atoms with E-state index in [0.717, 1.165) is 25.1 Å². The number of carbonyl (C=O) groups is 2. The van der Waals surface area contributed by atoms with Gasteiger partial charge in [0.05, 0.1) is 6.54 Å². The maximum atomic E-state index is 12.4. The number of unbranched alkanes of at least 4 members (excludes halogenated alkanes) is 1. The fourth-order valence-electron chi connectivity index (χ4n) is 2.33. The predicted molar refractivity (Wildman–Crippen MR) is 77.6 cm³/mol. The number of hydrogen-bond acceptors (Lipinski definition) is 4. The summed E-state index contributed by atoms with van der Waals surface area (Å²) in [5.41, 5.74) is -0.879. The highest BCUT2D eigenvalue weighted by atomic mass is 16.5. The molecule has 0 aromatic rings. The second kappa shape index (κ2) is 6.83. The Labute approximate surface area is 120 Å². The summed E-state index contributed by atoms with van der Waals surface area (Å²) in [6.45, 7) is 4.17. The number of hydrogen-bond donors (Lipinski definition) is 0. The SMILES string of the molecule is CCCCC1=NC(C)(CN(C)C(=O)COC)C(=O)N1C. The largest absolute Gasteiger partial charge is 0.375 e. The van der Waals surface area contributed by atoms with Crippen LogP contribution in [0.25, 0.3) is 0 Å². The fraction of sp³-hybridized carbons (Fsp3) is 0.786. The molecule has 6 nitrogen and oxygen atoms in total. The smallest absolute Gasteiger partial charge is 0.257 e. The van der Waals surface area contributed by atoms with Crippen molar-refractivity contribution in [2.75, 3.05) is 34.4 Å². The third-order valence-electron chi connectivity index (χ3n) is 3.52. The normalized spacial score (nSPS) is 22.1. The zero-order valence-electron chi connectivity index (χ0n) is 13.1. The molecule has 2 amide bonds. The van der Waals surface area contributed by atoms with Crippen molar-refractivity contribution in [3.63, 3.8) is 0 Å². The summed E-state index contributed by atoms with van der Waals surface area (Å²) in [6.07, 6.45) is 2.86. The van der Waals surface area contributed by atoms with Gasteiger partial charge in [-0.25, -0.2) is 0 Å². The number of ether oxygens (including phenoxy) is 1. The fourth-order valence-corrected chi connectivity index (χ4v) is 2.33. The minimum atomic E-state index is -0.879. The van der Waals surface area contributed by atoms with Gasteiger partial charge in [0.1, 0.15) is 12.4 Å². The minimum Gasteiger partial charge on any atom is -0.375 e. The molecule has 1 rings (SSSR count). The summed E-state index contributed by atoms with van der Waals surface area (Å²) in [5, 5.41) is 0. The molecule has 114 valence electrons. The summed E-state index contributed by atoms with van der Waals surface area (Å²) in [7, 11) is 4.89. The first-order chi connectivity index (χ1) is 9.35. The van der Waals surface area contributed by atoms with Crippen molar-refractivity contribution in [2.45, 2.75) is 38.6 Å². The van der Waals surface area contributed by atoms with Gasteiger partial charge in [-0.05, 0) is 13.3 Å². The average molecular weight is 283 g/mol. The maximum Gasteiger partial charge on any atom is 0.257 e. The zero-order valence-corrected chi connectivity index (χ0v) is 13.1. The molecule has 0 radical (unpaired) electrons. The number of carbonyl (C=O) groups excluding carboxylic acids is 2. The predicted octanol–water partition coefficient (Wildman–Crippen LogP) is 0.911. The first kappa shape index (κ1) is 16.6. The van der Waals surface area contributed by atoms with Crippen molar-refractivity contribution >= 4 is 17.6 Å². The molecule has 1 aliphatic rings.